The van der Waals surface area contributed by atoms with E-state index < -0.39 is 0 Å². The number of halogens is 1. The van der Waals surface area contributed by atoms with Crippen molar-refractivity contribution in [2.24, 2.45) is 5.41 Å². The first-order valence-corrected chi connectivity index (χ1v) is 8.10. The predicted molar refractivity (Wildman–Crippen MR) is 81.1 cm³/mol. The molecule has 4 unspecified atom stereocenters. The van der Waals surface area contributed by atoms with Crippen LogP contribution in [-0.4, -0.2) is 18.2 Å². The molecule has 0 radical (unpaired) electrons. The summed E-state index contributed by atoms with van der Waals surface area (Å²) in [5.41, 5.74) is 3.08. The van der Waals surface area contributed by atoms with Gasteiger partial charge < -0.3 is 10.1 Å². The summed E-state index contributed by atoms with van der Waals surface area (Å²) in [7, 11) is 0. The van der Waals surface area contributed by atoms with Crippen LogP contribution in [0.2, 0.25) is 5.02 Å². The van der Waals surface area contributed by atoms with Gasteiger partial charge in [-0.25, -0.2) is 0 Å². The molecule has 1 aliphatic carbocycles. The number of fused-ring (bicyclic) bond motifs is 3. The normalized spacial score (nSPS) is 37.4. The highest BCUT2D eigenvalue weighted by molar-refractivity contribution is 6.30. The van der Waals surface area contributed by atoms with Gasteiger partial charge in [-0.3, -0.25) is 0 Å². The fraction of sp³-hybridized carbons (Fsp3) is 0.647. The molecular formula is C17H22ClNO. The highest BCUT2D eigenvalue weighted by Crippen LogP contribution is 2.47. The molecule has 2 nitrogen and oxygen atoms in total. The minimum atomic E-state index is 0.245. The summed E-state index contributed by atoms with van der Waals surface area (Å²) in [6.07, 6.45) is 5.70. The van der Waals surface area contributed by atoms with E-state index in [0.29, 0.717) is 24.3 Å². The first-order valence-electron chi connectivity index (χ1n) is 7.73. The molecule has 0 amide bonds. The van der Waals surface area contributed by atoms with Gasteiger partial charge in [-0.1, -0.05) is 31.5 Å². The molecule has 2 saturated heterocycles. The van der Waals surface area contributed by atoms with Crippen LogP contribution >= 0.6 is 11.6 Å². The van der Waals surface area contributed by atoms with Gasteiger partial charge >= 0.3 is 0 Å². The highest BCUT2D eigenvalue weighted by atomic mass is 35.5. The molecule has 108 valence electrons. The van der Waals surface area contributed by atoms with Crippen LogP contribution in [0.5, 0.6) is 0 Å². The third-order valence-electron chi connectivity index (χ3n) is 5.33. The Balaban J connectivity index is 1.62. The van der Waals surface area contributed by atoms with E-state index in [1.165, 1.54) is 30.4 Å². The smallest absolute Gasteiger partial charge is 0.0733 e. The van der Waals surface area contributed by atoms with Crippen LogP contribution in [0, 0.1) is 5.41 Å². The van der Waals surface area contributed by atoms with Crippen LogP contribution in [0.25, 0.3) is 0 Å². The maximum atomic E-state index is 6.21. The summed E-state index contributed by atoms with van der Waals surface area (Å²) >= 11 is 6.21. The monoisotopic (exact) mass is 291 g/mol. The van der Waals surface area contributed by atoms with E-state index in [9.17, 15) is 0 Å². The van der Waals surface area contributed by atoms with Crippen molar-refractivity contribution >= 4 is 11.6 Å². The van der Waals surface area contributed by atoms with E-state index in [1.54, 1.807) is 0 Å². The summed E-state index contributed by atoms with van der Waals surface area (Å²) in [5.74, 6) is 0. The molecule has 4 atom stereocenters. The lowest BCUT2D eigenvalue weighted by Gasteiger charge is -2.33. The summed E-state index contributed by atoms with van der Waals surface area (Å²) < 4.78 is 5.99. The van der Waals surface area contributed by atoms with Crippen LogP contribution < -0.4 is 5.32 Å². The topological polar surface area (TPSA) is 21.3 Å². The fourth-order valence-electron chi connectivity index (χ4n) is 4.35. The Hall–Kier alpha value is -0.570. The fourth-order valence-corrected chi connectivity index (χ4v) is 4.53. The molecule has 20 heavy (non-hydrogen) atoms. The van der Waals surface area contributed by atoms with Gasteiger partial charge in [-0.15, -0.1) is 0 Å². The lowest BCUT2D eigenvalue weighted by atomic mass is 9.83. The number of benzene rings is 1. The van der Waals surface area contributed by atoms with Crippen molar-refractivity contribution in [3.05, 3.63) is 34.3 Å². The molecule has 0 spiro atoms. The predicted octanol–water partition coefficient (Wildman–Crippen LogP) is 3.87. The molecule has 2 aliphatic heterocycles. The summed E-state index contributed by atoms with van der Waals surface area (Å²) in [5, 5.41) is 4.74. The highest BCUT2D eigenvalue weighted by Gasteiger charge is 2.45. The largest absolute Gasteiger partial charge is 0.373 e. The lowest BCUT2D eigenvalue weighted by molar-refractivity contribution is 0.0928. The minimum Gasteiger partial charge on any atom is -0.373 e. The zero-order chi connectivity index (χ0) is 13.9. The second kappa shape index (κ2) is 4.46. The molecule has 3 heteroatoms. The second-order valence-electron chi connectivity index (χ2n) is 7.32. The second-order valence-corrected chi connectivity index (χ2v) is 7.76. The van der Waals surface area contributed by atoms with Crippen molar-refractivity contribution in [2.45, 2.75) is 63.8 Å². The van der Waals surface area contributed by atoms with Crippen molar-refractivity contribution in [3.8, 4) is 0 Å². The molecule has 2 bridgehead atoms. The summed E-state index contributed by atoms with van der Waals surface area (Å²) in [6, 6.07) is 7.27. The number of hydrogen-bond acceptors (Lipinski definition) is 2. The summed E-state index contributed by atoms with van der Waals surface area (Å²) in [4.78, 5) is 0. The molecule has 4 rings (SSSR count). The van der Waals surface area contributed by atoms with Gasteiger partial charge in [0, 0.05) is 17.1 Å². The quantitative estimate of drug-likeness (QED) is 0.893. The van der Waals surface area contributed by atoms with Crippen molar-refractivity contribution in [1.29, 1.82) is 0 Å². The standard InChI is InChI=1S/C17H22ClNO/c1-17(2)9-10-3-4-11(18)7-13(10)16(17)19-14-8-12-5-6-15(14)20-12/h3-4,7,12,14-16,19H,5-6,8-9H2,1-2H3. The van der Waals surface area contributed by atoms with Gasteiger partial charge in [0.15, 0.2) is 0 Å². The Kier molecular flexibility index (Phi) is 2.93. The van der Waals surface area contributed by atoms with Crippen molar-refractivity contribution in [2.75, 3.05) is 0 Å². The van der Waals surface area contributed by atoms with E-state index in [-0.39, 0.29) is 5.41 Å². The van der Waals surface area contributed by atoms with E-state index in [2.05, 4.69) is 31.3 Å². The third kappa shape index (κ3) is 2.01. The zero-order valence-corrected chi connectivity index (χ0v) is 12.9. The van der Waals surface area contributed by atoms with Crippen molar-refractivity contribution < 1.29 is 4.74 Å². The number of rotatable bonds is 2. The first kappa shape index (κ1) is 13.1. The Bertz CT molecular complexity index is 542. The average Bonchev–Trinajstić information content (AvgIpc) is 3.05. The van der Waals surface area contributed by atoms with Gasteiger partial charge in [0.2, 0.25) is 0 Å². The minimum absolute atomic E-state index is 0.245. The summed E-state index contributed by atoms with van der Waals surface area (Å²) in [6.45, 7) is 4.71. The molecule has 3 aliphatic rings. The maximum absolute atomic E-state index is 6.21. The maximum Gasteiger partial charge on any atom is 0.0733 e. The first-order chi connectivity index (χ1) is 9.53. The molecule has 0 saturated carbocycles. The Morgan fingerprint density at radius 1 is 1.30 bits per heavy atom. The number of nitrogens with one attached hydrogen (secondary N) is 1. The molecule has 2 heterocycles. The van der Waals surface area contributed by atoms with E-state index in [1.807, 2.05) is 6.07 Å². The molecule has 1 aromatic rings. The molecule has 1 N–H and O–H groups in total. The molecule has 1 aromatic carbocycles. The molecule has 2 fully saturated rings. The molecular weight excluding hydrogens is 270 g/mol. The van der Waals surface area contributed by atoms with Crippen LogP contribution in [0.4, 0.5) is 0 Å². The van der Waals surface area contributed by atoms with Crippen LogP contribution in [0.15, 0.2) is 18.2 Å². The number of ether oxygens (including phenoxy) is 1. The number of hydrogen-bond donors (Lipinski definition) is 1. The Morgan fingerprint density at radius 2 is 2.15 bits per heavy atom. The van der Waals surface area contributed by atoms with Crippen LogP contribution in [-0.2, 0) is 11.2 Å². The molecule has 0 aromatic heterocycles. The Labute approximate surface area is 125 Å². The SMILES string of the molecule is CC1(C)Cc2ccc(Cl)cc2C1NC1CC2CCC1O2. The van der Waals surface area contributed by atoms with Gasteiger partial charge in [-0.2, -0.15) is 0 Å². The third-order valence-corrected chi connectivity index (χ3v) is 5.57. The van der Waals surface area contributed by atoms with Gasteiger partial charge in [0.25, 0.3) is 0 Å². The van der Waals surface area contributed by atoms with Gasteiger partial charge in [0.1, 0.15) is 0 Å². The van der Waals surface area contributed by atoms with Crippen LogP contribution in [0.1, 0.15) is 50.3 Å². The van der Waals surface area contributed by atoms with E-state index >= 15 is 0 Å². The lowest BCUT2D eigenvalue weighted by Crippen LogP contribution is -2.43. The average molecular weight is 292 g/mol. The van der Waals surface area contributed by atoms with E-state index in [0.717, 1.165) is 11.4 Å². The Morgan fingerprint density at radius 3 is 2.85 bits per heavy atom. The van der Waals surface area contributed by atoms with Crippen molar-refractivity contribution in [3.63, 3.8) is 0 Å². The van der Waals surface area contributed by atoms with Crippen molar-refractivity contribution in [1.82, 2.24) is 5.32 Å². The zero-order valence-electron chi connectivity index (χ0n) is 12.2. The van der Waals surface area contributed by atoms with Crippen LogP contribution in [0.3, 0.4) is 0 Å². The van der Waals surface area contributed by atoms with Gasteiger partial charge in [-0.05, 0) is 54.4 Å². The van der Waals surface area contributed by atoms with E-state index in [4.69, 9.17) is 16.3 Å². The van der Waals surface area contributed by atoms with Gasteiger partial charge in [0.05, 0.1) is 12.2 Å².